The van der Waals surface area contributed by atoms with Gasteiger partial charge in [0.15, 0.2) is 0 Å². The van der Waals surface area contributed by atoms with Crippen molar-refractivity contribution in [1.29, 1.82) is 0 Å². The zero-order valence-electron chi connectivity index (χ0n) is 14.7. The van der Waals surface area contributed by atoms with E-state index in [2.05, 4.69) is 46.4 Å². The molecule has 1 saturated heterocycles. The fourth-order valence-corrected chi connectivity index (χ4v) is 3.61. The number of aryl methyl sites for hydroxylation is 1. The Labute approximate surface area is 149 Å². The second-order valence-corrected chi connectivity index (χ2v) is 7.35. The molecule has 0 spiro atoms. The number of aromatic nitrogens is 1. The minimum Gasteiger partial charge on any atom is -0.356 e. The van der Waals surface area contributed by atoms with Crippen LogP contribution in [0.5, 0.6) is 0 Å². The summed E-state index contributed by atoms with van der Waals surface area (Å²) in [5.74, 6) is 1.47. The maximum absolute atomic E-state index is 12.3. The van der Waals surface area contributed by atoms with E-state index in [1.54, 1.807) is 6.20 Å². The Kier molecular flexibility index (Phi) is 4.43. The molecule has 2 fully saturated rings. The Balaban J connectivity index is 1.50. The van der Waals surface area contributed by atoms with Crippen molar-refractivity contribution < 1.29 is 4.79 Å². The molecule has 0 radical (unpaired) electrons. The summed E-state index contributed by atoms with van der Waals surface area (Å²) >= 11 is 0. The predicted molar refractivity (Wildman–Crippen MR) is 100 cm³/mol. The van der Waals surface area contributed by atoms with Gasteiger partial charge < -0.3 is 10.2 Å². The molecule has 1 aliphatic heterocycles. The van der Waals surface area contributed by atoms with E-state index in [1.165, 1.54) is 17.5 Å². The van der Waals surface area contributed by atoms with Crippen LogP contribution in [0.3, 0.4) is 0 Å². The number of piperidine rings is 1. The minimum absolute atomic E-state index is 0.0263. The topological polar surface area (TPSA) is 45.2 Å². The first-order valence-electron chi connectivity index (χ1n) is 9.27. The van der Waals surface area contributed by atoms with Crippen LogP contribution in [0.2, 0.25) is 0 Å². The Hall–Kier alpha value is -2.36. The number of hydrogen-bond acceptors (Lipinski definition) is 3. The molecule has 2 aromatic rings. The van der Waals surface area contributed by atoms with Crippen molar-refractivity contribution in [3.8, 4) is 0 Å². The fraction of sp³-hybridized carbons (Fsp3) is 0.429. The summed E-state index contributed by atoms with van der Waals surface area (Å²) in [5, 5.41) is 3.06. The van der Waals surface area contributed by atoms with Gasteiger partial charge in [-0.05, 0) is 50.3 Å². The number of anilines is 1. The minimum atomic E-state index is 0.0263. The summed E-state index contributed by atoms with van der Waals surface area (Å²) in [7, 11) is 0. The summed E-state index contributed by atoms with van der Waals surface area (Å²) < 4.78 is 0. The predicted octanol–water partition coefficient (Wildman–Crippen LogP) is 3.67. The van der Waals surface area contributed by atoms with Gasteiger partial charge in [-0.2, -0.15) is 0 Å². The molecule has 4 nitrogen and oxygen atoms in total. The first-order valence-corrected chi connectivity index (χ1v) is 9.27. The Morgan fingerprint density at radius 1 is 1.20 bits per heavy atom. The maximum Gasteiger partial charge on any atom is 0.251 e. The molecule has 0 bridgehead atoms. The second-order valence-electron chi connectivity index (χ2n) is 7.35. The molecule has 4 rings (SSSR count). The van der Waals surface area contributed by atoms with Crippen LogP contribution in [-0.2, 0) is 0 Å². The van der Waals surface area contributed by atoms with E-state index in [-0.39, 0.29) is 5.91 Å². The first kappa shape index (κ1) is 16.1. The van der Waals surface area contributed by atoms with E-state index in [4.69, 9.17) is 0 Å². The molecule has 4 heteroatoms. The molecular formula is C21H25N3O. The van der Waals surface area contributed by atoms with Gasteiger partial charge in [0.25, 0.3) is 5.91 Å². The zero-order valence-corrected chi connectivity index (χ0v) is 14.7. The molecule has 25 heavy (non-hydrogen) atoms. The highest BCUT2D eigenvalue weighted by molar-refractivity contribution is 5.95. The number of nitrogens with one attached hydrogen (secondary N) is 1. The van der Waals surface area contributed by atoms with Gasteiger partial charge in [-0.25, -0.2) is 4.98 Å². The summed E-state index contributed by atoms with van der Waals surface area (Å²) in [4.78, 5) is 19.2. The van der Waals surface area contributed by atoms with Crippen LogP contribution in [0.15, 0.2) is 42.6 Å². The third-order valence-electron chi connectivity index (χ3n) is 5.18. The molecule has 1 saturated carbocycles. The third-order valence-corrected chi connectivity index (χ3v) is 5.18. The number of pyridine rings is 1. The van der Waals surface area contributed by atoms with Crippen LogP contribution in [0, 0.1) is 6.92 Å². The van der Waals surface area contributed by atoms with Crippen LogP contribution >= 0.6 is 0 Å². The lowest BCUT2D eigenvalue weighted by Gasteiger charge is -2.34. The van der Waals surface area contributed by atoms with Gasteiger partial charge in [-0.15, -0.1) is 0 Å². The zero-order chi connectivity index (χ0) is 17.2. The molecule has 0 unspecified atom stereocenters. The molecule has 2 heterocycles. The normalized spacial score (nSPS) is 20.4. The van der Waals surface area contributed by atoms with Crippen molar-refractivity contribution in [1.82, 2.24) is 10.3 Å². The molecule has 1 amide bonds. The van der Waals surface area contributed by atoms with Crippen LogP contribution in [0.4, 0.5) is 5.82 Å². The standard InChI is InChI=1S/C21H25N3O/c1-15-4-2-5-16(12-15)18-6-3-11-24(14-18)20-13-17(9-10-22-20)21(25)23-19-7-8-19/h2,4-5,9-10,12-13,18-19H,3,6-8,11,14H2,1H3,(H,23,25)/t18-/m1/s1. The molecule has 130 valence electrons. The molecule has 1 aromatic carbocycles. The van der Waals surface area contributed by atoms with Crippen LogP contribution in [0.1, 0.15) is 53.1 Å². The Morgan fingerprint density at radius 3 is 2.88 bits per heavy atom. The van der Waals surface area contributed by atoms with Crippen molar-refractivity contribution in [2.24, 2.45) is 0 Å². The molecule has 1 atom stereocenters. The van der Waals surface area contributed by atoms with Crippen LogP contribution in [0.25, 0.3) is 0 Å². The lowest BCUT2D eigenvalue weighted by atomic mass is 9.90. The van der Waals surface area contributed by atoms with E-state index in [9.17, 15) is 4.79 Å². The molecule has 1 N–H and O–H groups in total. The van der Waals surface area contributed by atoms with E-state index >= 15 is 0 Å². The van der Waals surface area contributed by atoms with E-state index in [1.807, 2.05) is 12.1 Å². The molecular weight excluding hydrogens is 310 g/mol. The largest absolute Gasteiger partial charge is 0.356 e. The highest BCUT2D eigenvalue weighted by Crippen LogP contribution is 2.30. The van der Waals surface area contributed by atoms with Crippen LogP contribution in [-0.4, -0.2) is 30.0 Å². The quantitative estimate of drug-likeness (QED) is 0.927. The summed E-state index contributed by atoms with van der Waals surface area (Å²) in [5.41, 5.74) is 3.44. The highest BCUT2D eigenvalue weighted by atomic mass is 16.1. The maximum atomic E-state index is 12.3. The van der Waals surface area contributed by atoms with Crippen molar-refractivity contribution in [3.05, 3.63) is 59.3 Å². The fourth-order valence-electron chi connectivity index (χ4n) is 3.61. The number of rotatable bonds is 4. The number of nitrogens with zero attached hydrogens (tertiary/aromatic N) is 2. The number of amides is 1. The number of benzene rings is 1. The molecule has 1 aliphatic carbocycles. The lowest BCUT2D eigenvalue weighted by Crippen LogP contribution is -2.35. The smallest absolute Gasteiger partial charge is 0.251 e. The van der Waals surface area contributed by atoms with Crippen molar-refractivity contribution in [2.45, 2.75) is 44.6 Å². The number of carbonyl (C=O) groups is 1. The average Bonchev–Trinajstić information content (AvgIpc) is 3.46. The van der Waals surface area contributed by atoms with E-state index in [0.717, 1.165) is 43.7 Å². The average molecular weight is 335 g/mol. The molecule has 1 aromatic heterocycles. The summed E-state index contributed by atoms with van der Waals surface area (Å²) in [6.07, 6.45) is 6.33. The van der Waals surface area contributed by atoms with Gasteiger partial charge in [0, 0.05) is 36.8 Å². The van der Waals surface area contributed by atoms with Gasteiger partial charge in [-0.3, -0.25) is 4.79 Å². The first-order chi connectivity index (χ1) is 12.2. The van der Waals surface area contributed by atoms with Crippen molar-refractivity contribution in [3.63, 3.8) is 0 Å². The summed E-state index contributed by atoms with van der Waals surface area (Å²) in [6, 6.07) is 12.9. The number of hydrogen-bond donors (Lipinski definition) is 1. The van der Waals surface area contributed by atoms with Gasteiger partial charge in [-0.1, -0.05) is 29.8 Å². The Bertz CT molecular complexity index is 769. The van der Waals surface area contributed by atoms with Crippen LogP contribution < -0.4 is 10.2 Å². The third kappa shape index (κ3) is 3.84. The van der Waals surface area contributed by atoms with Crippen molar-refractivity contribution >= 4 is 11.7 Å². The second kappa shape index (κ2) is 6.87. The summed E-state index contributed by atoms with van der Waals surface area (Å²) in [6.45, 7) is 4.11. The SMILES string of the molecule is Cc1cccc([C@@H]2CCCN(c3cc(C(=O)NC4CC4)ccn3)C2)c1. The van der Waals surface area contributed by atoms with E-state index in [0.29, 0.717) is 12.0 Å². The van der Waals surface area contributed by atoms with Gasteiger partial charge in [0.1, 0.15) is 5.82 Å². The Morgan fingerprint density at radius 2 is 2.08 bits per heavy atom. The van der Waals surface area contributed by atoms with E-state index < -0.39 is 0 Å². The molecule has 2 aliphatic rings. The van der Waals surface area contributed by atoms with Gasteiger partial charge >= 0.3 is 0 Å². The van der Waals surface area contributed by atoms with Gasteiger partial charge in [0.2, 0.25) is 0 Å². The monoisotopic (exact) mass is 335 g/mol. The number of carbonyl (C=O) groups excluding carboxylic acids is 1. The van der Waals surface area contributed by atoms with Crippen molar-refractivity contribution in [2.75, 3.05) is 18.0 Å². The highest BCUT2D eigenvalue weighted by Gasteiger charge is 2.25. The van der Waals surface area contributed by atoms with Gasteiger partial charge in [0.05, 0.1) is 0 Å². The lowest BCUT2D eigenvalue weighted by molar-refractivity contribution is 0.0951.